The van der Waals surface area contributed by atoms with Crippen molar-refractivity contribution in [2.24, 2.45) is 5.92 Å². The van der Waals surface area contributed by atoms with Gasteiger partial charge in [-0.25, -0.2) is 4.98 Å². The van der Waals surface area contributed by atoms with Crippen molar-refractivity contribution in [3.05, 3.63) is 23.9 Å². The monoisotopic (exact) mass is 275 g/mol. The average Bonchev–Trinajstić information content (AvgIpc) is 2.48. The Hall–Kier alpha value is -1.58. The quantitative estimate of drug-likeness (QED) is 0.867. The number of nitrogens with one attached hydrogen (secondary N) is 2. The number of hydrogen-bond acceptors (Lipinski definition) is 3. The van der Waals surface area contributed by atoms with E-state index < -0.39 is 0 Å². The molecule has 4 nitrogen and oxygen atoms in total. The number of nitrogens with zero attached hydrogens (tertiary/aromatic N) is 1. The number of anilines is 1. The molecule has 1 aliphatic carbocycles. The van der Waals surface area contributed by atoms with E-state index in [1.807, 2.05) is 6.07 Å². The summed E-state index contributed by atoms with van der Waals surface area (Å²) in [6.45, 7) is 5.21. The van der Waals surface area contributed by atoms with Crippen molar-refractivity contribution in [3.63, 3.8) is 0 Å². The van der Waals surface area contributed by atoms with Gasteiger partial charge in [0.15, 0.2) is 0 Å². The summed E-state index contributed by atoms with van der Waals surface area (Å²) in [5.41, 5.74) is 0.691. The van der Waals surface area contributed by atoms with Crippen molar-refractivity contribution in [1.82, 2.24) is 10.3 Å². The number of pyridine rings is 1. The minimum Gasteiger partial charge on any atom is -0.370 e. The van der Waals surface area contributed by atoms with Crippen LogP contribution in [0.1, 0.15) is 56.3 Å². The SMILES string of the molecule is CCCNc1cc(C(=O)NC2CCCCC2C)ccn1. The van der Waals surface area contributed by atoms with Gasteiger partial charge in [-0.05, 0) is 37.3 Å². The van der Waals surface area contributed by atoms with Gasteiger partial charge in [0.1, 0.15) is 5.82 Å². The van der Waals surface area contributed by atoms with Crippen molar-refractivity contribution in [2.75, 3.05) is 11.9 Å². The molecule has 1 fully saturated rings. The molecular formula is C16H25N3O. The predicted molar refractivity (Wildman–Crippen MR) is 81.9 cm³/mol. The Kier molecular flexibility index (Phi) is 5.39. The van der Waals surface area contributed by atoms with Crippen LogP contribution in [0.3, 0.4) is 0 Å². The van der Waals surface area contributed by atoms with Gasteiger partial charge in [-0.3, -0.25) is 4.79 Å². The molecule has 20 heavy (non-hydrogen) atoms. The Bertz CT molecular complexity index is 447. The summed E-state index contributed by atoms with van der Waals surface area (Å²) < 4.78 is 0. The fourth-order valence-electron chi connectivity index (χ4n) is 2.70. The Morgan fingerprint density at radius 3 is 2.95 bits per heavy atom. The first-order valence-electron chi connectivity index (χ1n) is 7.71. The van der Waals surface area contributed by atoms with Crippen molar-refractivity contribution in [1.29, 1.82) is 0 Å². The second kappa shape index (κ2) is 7.27. The fourth-order valence-corrected chi connectivity index (χ4v) is 2.70. The van der Waals surface area contributed by atoms with E-state index >= 15 is 0 Å². The Morgan fingerprint density at radius 2 is 2.20 bits per heavy atom. The highest BCUT2D eigenvalue weighted by Crippen LogP contribution is 2.24. The summed E-state index contributed by atoms with van der Waals surface area (Å²) in [7, 11) is 0. The van der Waals surface area contributed by atoms with E-state index in [0.717, 1.165) is 25.2 Å². The minimum atomic E-state index is 0.0192. The first kappa shape index (κ1) is 14.8. The normalized spacial score (nSPS) is 22.3. The van der Waals surface area contributed by atoms with E-state index in [1.54, 1.807) is 12.3 Å². The van der Waals surface area contributed by atoms with Crippen LogP contribution < -0.4 is 10.6 Å². The molecule has 0 spiro atoms. The third kappa shape index (κ3) is 3.95. The van der Waals surface area contributed by atoms with Crippen LogP contribution in [0.25, 0.3) is 0 Å². The third-order valence-electron chi connectivity index (χ3n) is 4.01. The van der Waals surface area contributed by atoms with Crippen LogP contribution >= 0.6 is 0 Å². The largest absolute Gasteiger partial charge is 0.370 e. The lowest BCUT2D eigenvalue weighted by Crippen LogP contribution is -2.41. The first-order valence-corrected chi connectivity index (χ1v) is 7.71. The molecule has 1 amide bonds. The lowest BCUT2D eigenvalue weighted by Gasteiger charge is -2.29. The van der Waals surface area contributed by atoms with Gasteiger partial charge in [-0.2, -0.15) is 0 Å². The summed E-state index contributed by atoms with van der Waals surface area (Å²) in [6.07, 6.45) is 7.54. The molecule has 1 aliphatic rings. The standard InChI is InChI=1S/C16H25N3O/c1-3-9-17-15-11-13(8-10-18-15)16(20)19-14-7-5-4-6-12(14)2/h8,10-12,14H,3-7,9H2,1-2H3,(H,17,18)(H,19,20). The molecule has 2 rings (SSSR count). The second-order valence-corrected chi connectivity index (χ2v) is 5.70. The van der Waals surface area contributed by atoms with Gasteiger partial charge in [-0.15, -0.1) is 0 Å². The molecule has 0 aromatic carbocycles. The molecular weight excluding hydrogens is 250 g/mol. The van der Waals surface area contributed by atoms with Gasteiger partial charge < -0.3 is 10.6 Å². The molecule has 1 saturated carbocycles. The molecule has 110 valence electrons. The van der Waals surface area contributed by atoms with E-state index in [1.165, 1.54) is 19.3 Å². The average molecular weight is 275 g/mol. The third-order valence-corrected chi connectivity index (χ3v) is 4.01. The number of hydrogen-bond donors (Lipinski definition) is 2. The van der Waals surface area contributed by atoms with Crippen LogP contribution in [-0.2, 0) is 0 Å². The molecule has 1 aromatic heterocycles. The van der Waals surface area contributed by atoms with Crippen LogP contribution in [0.4, 0.5) is 5.82 Å². The maximum atomic E-state index is 12.3. The molecule has 4 heteroatoms. The summed E-state index contributed by atoms with van der Waals surface area (Å²) in [5.74, 6) is 1.37. The van der Waals surface area contributed by atoms with Crippen molar-refractivity contribution in [3.8, 4) is 0 Å². The zero-order valence-electron chi connectivity index (χ0n) is 12.5. The van der Waals surface area contributed by atoms with E-state index in [4.69, 9.17) is 0 Å². The predicted octanol–water partition coefficient (Wildman–Crippen LogP) is 3.21. The van der Waals surface area contributed by atoms with Gasteiger partial charge in [0.2, 0.25) is 0 Å². The number of amides is 1. The molecule has 1 aromatic rings. The van der Waals surface area contributed by atoms with Crippen molar-refractivity contribution in [2.45, 2.75) is 52.0 Å². The van der Waals surface area contributed by atoms with Gasteiger partial charge in [0.05, 0.1) is 0 Å². The zero-order chi connectivity index (χ0) is 14.4. The molecule has 0 radical (unpaired) electrons. The van der Waals surface area contributed by atoms with Crippen molar-refractivity contribution < 1.29 is 4.79 Å². The van der Waals surface area contributed by atoms with Crippen molar-refractivity contribution >= 4 is 11.7 Å². The minimum absolute atomic E-state index is 0.0192. The van der Waals surface area contributed by atoms with Crippen LogP contribution in [0.5, 0.6) is 0 Å². The highest BCUT2D eigenvalue weighted by molar-refractivity contribution is 5.95. The highest BCUT2D eigenvalue weighted by atomic mass is 16.1. The van der Waals surface area contributed by atoms with Crippen LogP contribution in [0.15, 0.2) is 18.3 Å². The van der Waals surface area contributed by atoms with Crippen LogP contribution in [-0.4, -0.2) is 23.5 Å². The molecule has 2 N–H and O–H groups in total. The maximum absolute atomic E-state index is 12.3. The van der Waals surface area contributed by atoms with E-state index in [2.05, 4.69) is 29.5 Å². The smallest absolute Gasteiger partial charge is 0.251 e. The number of carbonyl (C=O) groups excluding carboxylic acids is 1. The molecule has 2 unspecified atom stereocenters. The first-order chi connectivity index (χ1) is 9.70. The summed E-state index contributed by atoms with van der Waals surface area (Å²) in [4.78, 5) is 16.5. The Morgan fingerprint density at radius 1 is 1.40 bits per heavy atom. The Balaban J connectivity index is 1.97. The fraction of sp³-hybridized carbons (Fsp3) is 0.625. The number of carbonyl (C=O) groups is 1. The van der Waals surface area contributed by atoms with E-state index in [-0.39, 0.29) is 5.91 Å². The van der Waals surface area contributed by atoms with Gasteiger partial charge in [0, 0.05) is 24.3 Å². The topological polar surface area (TPSA) is 54.0 Å². The lowest BCUT2D eigenvalue weighted by molar-refractivity contribution is 0.0910. The van der Waals surface area contributed by atoms with Gasteiger partial charge >= 0.3 is 0 Å². The van der Waals surface area contributed by atoms with Crippen LogP contribution in [0, 0.1) is 5.92 Å². The second-order valence-electron chi connectivity index (χ2n) is 5.70. The number of aromatic nitrogens is 1. The zero-order valence-corrected chi connectivity index (χ0v) is 12.5. The molecule has 0 saturated heterocycles. The van der Waals surface area contributed by atoms with Crippen LogP contribution in [0.2, 0.25) is 0 Å². The summed E-state index contributed by atoms with van der Waals surface area (Å²) >= 11 is 0. The maximum Gasteiger partial charge on any atom is 0.251 e. The van der Waals surface area contributed by atoms with E-state index in [9.17, 15) is 4.79 Å². The van der Waals surface area contributed by atoms with Gasteiger partial charge in [0.25, 0.3) is 5.91 Å². The summed E-state index contributed by atoms with van der Waals surface area (Å²) in [6, 6.07) is 3.93. The molecule has 2 atom stereocenters. The molecule has 0 aliphatic heterocycles. The Labute approximate surface area is 121 Å². The molecule has 0 bridgehead atoms. The summed E-state index contributed by atoms with van der Waals surface area (Å²) in [5, 5.41) is 6.38. The molecule has 1 heterocycles. The van der Waals surface area contributed by atoms with E-state index in [0.29, 0.717) is 17.5 Å². The lowest BCUT2D eigenvalue weighted by atomic mass is 9.86. The van der Waals surface area contributed by atoms with Gasteiger partial charge in [-0.1, -0.05) is 26.7 Å². The number of rotatable bonds is 5. The highest BCUT2D eigenvalue weighted by Gasteiger charge is 2.23.